The van der Waals surface area contributed by atoms with Crippen molar-refractivity contribution in [1.29, 1.82) is 0 Å². The van der Waals surface area contributed by atoms with Crippen molar-refractivity contribution < 1.29 is 0 Å². The SMILES string of the molecule is CC.CCN=C(/C=C\N)c1ccc(C)cc1. The van der Waals surface area contributed by atoms with E-state index >= 15 is 0 Å². The van der Waals surface area contributed by atoms with Crippen LogP contribution in [0.4, 0.5) is 0 Å². The van der Waals surface area contributed by atoms with Crippen LogP contribution in [0.2, 0.25) is 0 Å². The molecule has 0 spiro atoms. The van der Waals surface area contributed by atoms with Crippen LogP contribution in [0, 0.1) is 6.92 Å². The maximum Gasteiger partial charge on any atom is 0.0660 e. The summed E-state index contributed by atoms with van der Waals surface area (Å²) in [6.45, 7) is 8.85. The van der Waals surface area contributed by atoms with Gasteiger partial charge < -0.3 is 5.73 Å². The van der Waals surface area contributed by atoms with Gasteiger partial charge in [-0.15, -0.1) is 0 Å². The Morgan fingerprint density at radius 2 is 1.81 bits per heavy atom. The highest BCUT2D eigenvalue weighted by atomic mass is 14.7. The number of aliphatic imine (C=N–C) groups is 1. The zero-order valence-electron chi connectivity index (χ0n) is 10.7. The molecular weight excluding hydrogens is 196 g/mol. The van der Waals surface area contributed by atoms with Crippen LogP contribution in [0.5, 0.6) is 0 Å². The monoisotopic (exact) mass is 218 g/mol. The number of allylic oxidation sites excluding steroid dienone is 1. The van der Waals surface area contributed by atoms with Crippen LogP contribution in [0.3, 0.4) is 0 Å². The molecule has 0 unspecified atom stereocenters. The van der Waals surface area contributed by atoms with Gasteiger partial charge in [-0.1, -0.05) is 43.7 Å². The summed E-state index contributed by atoms with van der Waals surface area (Å²) in [5.74, 6) is 0. The summed E-state index contributed by atoms with van der Waals surface area (Å²) < 4.78 is 0. The van der Waals surface area contributed by atoms with Gasteiger partial charge in [0, 0.05) is 6.54 Å². The number of hydrogen-bond donors (Lipinski definition) is 1. The van der Waals surface area contributed by atoms with Crippen LogP contribution in [0.25, 0.3) is 0 Å². The molecule has 0 aromatic heterocycles. The molecule has 0 saturated heterocycles. The van der Waals surface area contributed by atoms with Gasteiger partial charge in [-0.05, 0) is 31.7 Å². The lowest BCUT2D eigenvalue weighted by Crippen LogP contribution is -1.99. The molecule has 2 nitrogen and oxygen atoms in total. The van der Waals surface area contributed by atoms with E-state index in [4.69, 9.17) is 5.73 Å². The van der Waals surface area contributed by atoms with E-state index in [9.17, 15) is 0 Å². The third-order valence-corrected chi connectivity index (χ3v) is 1.93. The van der Waals surface area contributed by atoms with Crippen molar-refractivity contribution >= 4 is 5.71 Å². The molecule has 0 amide bonds. The quantitative estimate of drug-likeness (QED) is 0.777. The fraction of sp³-hybridized carbons (Fsp3) is 0.357. The van der Waals surface area contributed by atoms with Gasteiger partial charge in [0.05, 0.1) is 5.71 Å². The van der Waals surface area contributed by atoms with Crippen LogP contribution in [0.15, 0.2) is 41.5 Å². The van der Waals surface area contributed by atoms with E-state index in [0.29, 0.717) is 0 Å². The van der Waals surface area contributed by atoms with Gasteiger partial charge in [-0.2, -0.15) is 0 Å². The lowest BCUT2D eigenvalue weighted by molar-refractivity contribution is 1.13. The number of aryl methyl sites for hydroxylation is 1. The summed E-state index contributed by atoms with van der Waals surface area (Å²) in [5, 5.41) is 0. The van der Waals surface area contributed by atoms with Crippen LogP contribution in [-0.4, -0.2) is 12.3 Å². The highest BCUT2D eigenvalue weighted by molar-refractivity contribution is 6.08. The third kappa shape index (κ3) is 4.78. The Morgan fingerprint density at radius 1 is 1.25 bits per heavy atom. The predicted octanol–water partition coefficient (Wildman–Crippen LogP) is 3.30. The Hall–Kier alpha value is -1.57. The number of hydrogen-bond acceptors (Lipinski definition) is 2. The molecule has 16 heavy (non-hydrogen) atoms. The second kappa shape index (κ2) is 8.72. The molecule has 0 bridgehead atoms. The average Bonchev–Trinajstić information content (AvgIpc) is 2.32. The molecule has 0 aliphatic heterocycles. The van der Waals surface area contributed by atoms with Crippen LogP contribution in [0.1, 0.15) is 31.9 Å². The Balaban J connectivity index is 0.00000106. The van der Waals surface area contributed by atoms with Gasteiger partial charge >= 0.3 is 0 Å². The summed E-state index contributed by atoms with van der Waals surface area (Å²) in [6, 6.07) is 8.27. The van der Waals surface area contributed by atoms with Crippen molar-refractivity contribution in [2.75, 3.05) is 6.54 Å². The minimum Gasteiger partial charge on any atom is -0.405 e. The molecule has 0 aliphatic carbocycles. The molecule has 0 radical (unpaired) electrons. The lowest BCUT2D eigenvalue weighted by atomic mass is 10.1. The van der Waals surface area contributed by atoms with E-state index < -0.39 is 0 Å². The zero-order valence-corrected chi connectivity index (χ0v) is 10.7. The smallest absolute Gasteiger partial charge is 0.0660 e. The van der Waals surface area contributed by atoms with Crippen molar-refractivity contribution in [3.05, 3.63) is 47.7 Å². The molecular formula is C14H22N2. The Kier molecular flexibility index (Phi) is 7.86. The van der Waals surface area contributed by atoms with E-state index in [2.05, 4.69) is 36.2 Å². The summed E-state index contributed by atoms with van der Waals surface area (Å²) in [4.78, 5) is 4.36. The predicted molar refractivity (Wildman–Crippen MR) is 72.9 cm³/mol. The number of nitrogens with zero attached hydrogens (tertiary/aromatic N) is 1. The fourth-order valence-electron chi connectivity index (χ4n) is 1.23. The molecule has 0 heterocycles. The van der Waals surface area contributed by atoms with E-state index in [-0.39, 0.29) is 0 Å². The second-order valence-electron chi connectivity index (χ2n) is 3.08. The zero-order chi connectivity index (χ0) is 12.4. The Morgan fingerprint density at radius 3 is 2.25 bits per heavy atom. The molecule has 0 fully saturated rings. The van der Waals surface area contributed by atoms with Gasteiger partial charge in [0.25, 0.3) is 0 Å². The van der Waals surface area contributed by atoms with Crippen LogP contribution >= 0.6 is 0 Å². The van der Waals surface area contributed by atoms with Crippen molar-refractivity contribution in [3.8, 4) is 0 Å². The summed E-state index contributed by atoms with van der Waals surface area (Å²) in [5.41, 5.74) is 8.67. The molecule has 1 aromatic carbocycles. The van der Waals surface area contributed by atoms with E-state index in [1.165, 1.54) is 11.8 Å². The molecule has 1 aromatic rings. The minimum absolute atomic E-state index is 0.771. The third-order valence-electron chi connectivity index (χ3n) is 1.93. The van der Waals surface area contributed by atoms with Crippen molar-refractivity contribution in [1.82, 2.24) is 0 Å². The first-order valence-electron chi connectivity index (χ1n) is 5.77. The molecule has 2 N–H and O–H groups in total. The highest BCUT2D eigenvalue weighted by Crippen LogP contribution is 2.05. The van der Waals surface area contributed by atoms with Gasteiger partial charge in [-0.3, -0.25) is 4.99 Å². The van der Waals surface area contributed by atoms with Crippen LogP contribution < -0.4 is 5.73 Å². The number of rotatable bonds is 3. The first kappa shape index (κ1) is 14.4. The first-order chi connectivity index (χ1) is 7.77. The van der Waals surface area contributed by atoms with Crippen molar-refractivity contribution in [2.45, 2.75) is 27.7 Å². The normalized spacial score (nSPS) is 11.1. The highest BCUT2D eigenvalue weighted by Gasteiger charge is 1.97. The molecule has 1 rings (SSSR count). The van der Waals surface area contributed by atoms with Crippen LogP contribution in [-0.2, 0) is 0 Å². The minimum atomic E-state index is 0.771. The maximum absolute atomic E-state index is 5.37. The van der Waals surface area contributed by atoms with E-state index in [0.717, 1.165) is 17.8 Å². The molecule has 0 saturated carbocycles. The second-order valence-corrected chi connectivity index (χ2v) is 3.08. The maximum atomic E-state index is 5.37. The number of nitrogens with two attached hydrogens (primary N) is 1. The molecule has 2 heteroatoms. The standard InChI is InChI=1S/C12H16N2.C2H6/c1-3-14-12(8-9-13)11-6-4-10(2)5-7-11;1-2/h4-9H,3,13H2,1-2H3;1-2H3/b9-8-,14-12?;. The van der Waals surface area contributed by atoms with Gasteiger partial charge in [0.15, 0.2) is 0 Å². The topological polar surface area (TPSA) is 38.4 Å². The lowest BCUT2D eigenvalue weighted by Gasteiger charge is -2.01. The average molecular weight is 218 g/mol. The Bertz CT molecular complexity index is 334. The van der Waals surface area contributed by atoms with Gasteiger partial charge in [0.1, 0.15) is 0 Å². The summed E-state index contributed by atoms with van der Waals surface area (Å²) in [7, 11) is 0. The van der Waals surface area contributed by atoms with Crippen molar-refractivity contribution in [2.24, 2.45) is 10.7 Å². The summed E-state index contributed by atoms with van der Waals surface area (Å²) in [6.07, 6.45) is 3.35. The van der Waals surface area contributed by atoms with Gasteiger partial charge in [-0.25, -0.2) is 0 Å². The molecule has 0 aliphatic rings. The largest absolute Gasteiger partial charge is 0.405 e. The van der Waals surface area contributed by atoms with E-state index in [1.807, 2.05) is 26.8 Å². The first-order valence-corrected chi connectivity index (χ1v) is 5.77. The van der Waals surface area contributed by atoms with E-state index in [1.54, 1.807) is 0 Å². The van der Waals surface area contributed by atoms with Gasteiger partial charge in [0.2, 0.25) is 0 Å². The Labute approximate surface area is 98.9 Å². The molecule has 88 valence electrons. The van der Waals surface area contributed by atoms with Crippen molar-refractivity contribution in [3.63, 3.8) is 0 Å². The molecule has 0 atom stereocenters. The fourth-order valence-corrected chi connectivity index (χ4v) is 1.23. The summed E-state index contributed by atoms with van der Waals surface area (Å²) >= 11 is 0. The number of benzene rings is 1.